The van der Waals surface area contributed by atoms with Crippen LogP contribution in [0, 0.1) is 6.92 Å². The minimum absolute atomic E-state index is 0.00576. The topological polar surface area (TPSA) is 86.1 Å². The summed E-state index contributed by atoms with van der Waals surface area (Å²) in [5.41, 5.74) is 0.244. The Morgan fingerprint density at radius 3 is 2.62 bits per heavy atom. The average Bonchev–Trinajstić information content (AvgIpc) is 3.07. The van der Waals surface area contributed by atoms with Gasteiger partial charge in [0.1, 0.15) is 5.60 Å². The summed E-state index contributed by atoms with van der Waals surface area (Å²) in [5, 5.41) is 10.7. The molecule has 0 radical (unpaired) electrons. The van der Waals surface area contributed by atoms with Gasteiger partial charge in [-0.25, -0.2) is 9.48 Å². The first kappa shape index (κ1) is 15.5. The van der Waals surface area contributed by atoms with Gasteiger partial charge in [0.15, 0.2) is 5.69 Å². The van der Waals surface area contributed by atoms with Crippen LogP contribution in [0.1, 0.15) is 56.2 Å². The Labute approximate surface area is 124 Å². The van der Waals surface area contributed by atoms with Crippen LogP contribution in [0.25, 0.3) is 0 Å². The first-order chi connectivity index (χ1) is 9.76. The molecule has 7 nitrogen and oxygen atoms in total. The molecule has 1 saturated carbocycles. The van der Waals surface area contributed by atoms with Crippen molar-refractivity contribution in [2.75, 3.05) is 0 Å². The van der Waals surface area contributed by atoms with E-state index in [0.717, 1.165) is 12.8 Å². The number of carbonyl (C=O) groups is 2. The standard InChI is InChI=1S/C14H22N4O3/c1-9-12(13(20)21-14(2,3)4)16-17-18(9)8-7-11(19)15-10-5-6-10/h10H,5-8H2,1-4H3,(H,15,19). The summed E-state index contributed by atoms with van der Waals surface area (Å²) >= 11 is 0. The molecule has 0 aromatic carbocycles. The van der Waals surface area contributed by atoms with E-state index in [9.17, 15) is 9.59 Å². The molecule has 1 aromatic heterocycles. The number of aryl methyl sites for hydroxylation is 1. The van der Waals surface area contributed by atoms with Crippen molar-refractivity contribution in [3.63, 3.8) is 0 Å². The zero-order chi connectivity index (χ0) is 15.6. The number of esters is 1. The first-order valence-electron chi connectivity index (χ1n) is 7.19. The van der Waals surface area contributed by atoms with E-state index in [1.165, 1.54) is 0 Å². The highest BCUT2D eigenvalue weighted by Crippen LogP contribution is 2.18. The molecule has 0 bridgehead atoms. The number of carbonyl (C=O) groups excluding carboxylic acids is 2. The highest BCUT2D eigenvalue weighted by Gasteiger charge is 2.25. The zero-order valence-electron chi connectivity index (χ0n) is 13.0. The maximum atomic E-state index is 12.0. The van der Waals surface area contributed by atoms with E-state index in [-0.39, 0.29) is 11.6 Å². The third kappa shape index (κ3) is 4.54. The molecule has 0 spiro atoms. The number of nitrogens with one attached hydrogen (secondary N) is 1. The molecule has 0 saturated heterocycles. The molecular formula is C14H22N4O3. The molecule has 116 valence electrons. The lowest BCUT2D eigenvalue weighted by molar-refractivity contribution is -0.121. The zero-order valence-corrected chi connectivity index (χ0v) is 13.0. The normalized spacial score (nSPS) is 14.9. The lowest BCUT2D eigenvalue weighted by Gasteiger charge is -2.18. The number of amides is 1. The van der Waals surface area contributed by atoms with Gasteiger partial charge < -0.3 is 10.1 Å². The summed E-state index contributed by atoms with van der Waals surface area (Å²) in [5.74, 6) is -0.486. The van der Waals surface area contributed by atoms with Crippen LogP contribution in [0.4, 0.5) is 0 Å². The summed E-state index contributed by atoms with van der Waals surface area (Å²) < 4.78 is 6.83. The smallest absolute Gasteiger partial charge is 0.361 e. The fourth-order valence-corrected chi connectivity index (χ4v) is 1.82. The predicted molar refractivity (Wildman–Crippen MR) is 75.7 cm³/mol. The fourth-order valence-electron chi connectivity index (χ4n) is 1.82. The number of aromatic nitrogens is 3. The summed E-state index contributed by atoms with van der Waals surface area (Å²) in [6, 6.07) is 0.353. The molecule has 1 heterocycles. The molecule has 21 heavy (non-hydrogen) atoms. The Hall–Kier alpha value is -1.92. The minimum Gasteiger partial charge on any atom is -0.455 e. The Kier molecular flexibility index (Phi) is 4.29. The van der Waals surface area contributed by atoms with Gasteiger partial charge in [0.2, 0.25) is 5.91 Å². The van der Waals surface area contributed by atoms with Crippen LogP contribution in [-0.4, -0.2) is 38.5 Å². The van der Waals surface area contributed by atoms with Crippen molar-refractivity contribution in [1.29, 1.82) is 0 Å². The number of rotatable bonds is 5. The predicted octanol–water partition coefficient (Wildman–Crippen LogP) is 1.21. The third-order valence-corrected chi connectivity index (χ3v) is 3.07. The maximum absolute atomic E-state index is 12.0. The van der Waals surface area contributed by atoms with Crippen molar-refractivity contribution in [2.45, 2.75) is 65.1 Å². The van der Waals surface area contributed by atoms with Crippen molar-refractivity contribution in [2.24, 2.45) is 0 Å². The van der Waals surface area contributed by atoms with Gasteiger partial charge in [0.05, 0.1) is 12.2 Å². The highest BCUT2D eigenvalue weighted by atomic mass is 16.6. The van der Waals surface area contributed by atoms with Gasteiger partial charge in [-0.15, -0.1) is 5.10 Å². The van der Waals surface area contributed by atoms with Crippen molar-refractivity contribution >= 4 is 11.9 Å². The van der Waals surface area contributed by atoms with E-state index in [0.29, 0.717) is 24.7 Å². The molecule has 1 aliphatic rings. The van der Waals surface area contributed by atoms with E-state index < -0.39 is 11.6 Å². The third-order valence-electron chi connectivity index (χ3n) is 3.07. The Balaban J connectivity index is 1.92. The second-order valence-corrected chi connectivity index (χ2v) is 6.34. The van der Waals surface area contributed by atoms with Crippen LogP contribution in [0.3, 0.4) is 0 Å². The van der Waals surface area contributed by atoms with Crippen molar-refractivity contribution < 1.29 is 14.3 Å². The summed E-state index contributed by atoms with van der Waals surface area (Å²) in [4.78, 5) is 23.6. The molecule has 1 N–H and O–H groups in total. The molecule has 0 unspecified atom stereocenters. The molecule has 1 aromatic rings. The van der Waals surface area contributed by atoms with Gasteiger partial charge in [-0.3, -0.25) is 4.79 Å². The van der Waals surface area contributed by atoms with Crippen LogP contribution in [0.15, 0.2) is 0 Å². The van der Waals surface area contributed by atoms with Crippen molar-refractivity contribution in [3.05, 3.63) is 11.4 Å². The average molecular weight is 294 g/mol. The van der Waals surface area contributed by atoms with Gasteiger partial charge in [0.25, 0.3) is 0 Å². The molecule has 1 aliphatic carbocycles. The lowest BCUT2D eigenvalue weighted by atomic mass is 10.2. The molecule has 0 atom stereocenters. The molecular weight excluding hydrogens is 272 g/mol. The van der Waals surface area contributed by atoms with E-state index in [1.54, 1.807) is 32.4 Å². The van der Waals surface area contributed by atoms with Gasteiger partial charge in [0, 0.05) is 12.5 Å². The van der Waals surface area contributed by atoms with Crippen molar-refractivity contribution in [1.82, 2.24) is 20.3 Å². The van der Waals surface area contributed by atoms with Crippen LogP contribution in [-0.2, 0) is 16.1 Å². The number of hydrogen-bond donors (Lipinski definition) is 1. The second-order valence-electron chi connectivity index (χ2n) is 6.34. The quantitative estimate of drug-likeness (QED) is 0.825. The Morgan fingerprint density at radius 1 is 1.38 bits per heavy atom. The van der Waals surface area contributed by atoms with Crippen LogP contribution >= 0.6 is 0 Å². The van der Waals surface area contributed by atoms with Crippen molar-refractivity contribution in [3.8, 4) is 0 Å². The first-order valence-corrected chi connectivity index (χ1v) is 7.19. The van der Waals surface area contributed by atoms with E-state index >= 15 is 0 Å². The second kappa shape index (κ2) is 5.83. The molecule has 7 heteroatoms. The Morgan fingerprint density at radius 2 is 2.05 bits per heavy atom. The number of hydrogen-bond acceptors (Lipinski definition) is 5. The molecule has 1 fully saturated rings. The largest absolute Gasteiger partial charge is 0.455 e. The number of ether oxygens (including phenoxy) is 1. The lowest BCUT2D eigenvalue weighted by Crippen LogP contribution is -2.26. The van der Waals surface area contributed by atoms with Gasteiger partial charge >= 0.3 is 5.97 Å². The van der Waals surface area contributed by atoms with Crippen LogP contribution in [0.2, 0.25) is 0 Å². The van der Waals surface area contributed by atoms with Gasteiger partial charge in [-0.05, 0) is 40.5 Å². The number of nitrogens with zero attached hydrogens (tertiary/aromatic N) is 3. The summed E-state index contributed by atoms with van der Waals surface area (Å²) in [7, 11) is 0. The van der Waals surface area contributed by atoms with Crippen LogP contribution in [0.5, 0.6) is 0 Å². The van der Waals surface area contributed by atoms with E-state index in [4.69, 9.17) is 4.74 Å². The monoisotopic (exact) mass is 294 g/mol. The minimum atomic E-state index is -0.572. The van der Waals surface area contributed by atoms with Crippen LogP contribution < -0.4 is 5.32 Å². The molecule has 1 amide bonds. The molecule has 2 rings (SSSR count). The fraction of sp³-hybridized carbons (Fsp3) is 0.714. The summed E-state index contributed by atoms with van der Waals surface area (Å²) in [6.07, 6.45) is 2.46. The van der Waals surface area contributed by atoms with Gasteiger partial charge in [-0.1, -0.05) is 5.21 Å². The SMILES string of the molecule is Cc1c(C(=O)OC(C)(C)C)nnn1CCC(=O)NC1CC1. The van der Waals surface area contributed by atoms with Gasteiger partial charge in [-0.2, -0.15) is 0 Å². The molecule has 0 aliphatic heterocycles. The van der Waals surface area contributed by atoms with E-state index in [1.807, 2.05) is 0 Å². The maximum Gasteiger partial charge on any atom is 0.361 e. The highest BCUT2D eigenvalue weighted by molar-refractivity contribution is 5.88. The summed E-state index contributed by atoms with van der Waals surface area (Å²) in [6.45, 7) is 7.55. The Bertz CT molecular complexity index is 541. The van der Waals surface area contributed by atoms with E-state index in [2.05, 4.69) is 15.6 Å².